The van der Waals surface area contributed by atoms with Gasteiger partial charge in [0.05, 0.1) is 37.5 Å². The minimum atomic E-state index is -0.193. The summed E-state index contributed by atoms with van der Waals surface area (Å²) in [6.07, 6.45) is 1.65. The first-order chi connectivity index (χ1) is 13.2. The van der Waals surface area contributed by atoms with Crippen molar-refractivity contribution in [2.45, 2.75) is 0 Å². The molecule has 0 amide bonds. The lowest BCUT2D eigenvalue weighted by Crippen LogP contribution is -2.03. The number of hydrogen-bond donors (Lipinski definition) is 0. The van der Waals surface area contributed by atoms with Crippen LogP contribution in [0.15, 0.2) is 57.9 Å². The van der Waals surface area contributed by atoms with E-state index >= 15 is 0 Å². The lowest BCUT2D eigenvalue weighted by Gasteiger charge is -2.15. The Morgan fingerprint density at radius 1 is 0.852 bits per heavy atom. The second-order valence-electron chi connectivity index (χ2n) is 5.87. The summed E-state index contributed by atoms with van der Waals surface area (Å²) in [6, 6.07) is 12.1. The number of benzene rings is 2. The van der Waals surface area contributed by atoms with Crippen LogP contribution < -0.4 is 19.6 Å². The Hall–Kier alpha value is -3.54. The largest absolute Gasteiger partial charge is 0.496 e. The van der Waals surface area contributed by atoms with Gasteiger partial charge in [-0.15, -0.1) is 0 Å². The third-order valence-corrected chi connectivity index (χ3v) is 4.44. The standard InChI is InChI=1S/C21H17NO5/c1-24-15-7-8-16(25-2)20-19(15)18(26-3)10-12-14(23)11-17(27-21(12)20)13-6-4-5-9-22-13/h4-11H,1-3H3. The van der Waals surface area contributed by atoms with E-state index in [1.807, 2.05) is 6.07 Å². The van der Waals surface area contributed by atoms with Crippen molar-refractivity contribution in [2.24, 2.45) is 0 Å². The molecule has 6 nitrogen and oxygen atoms in total. The van der Waals surface area contributed by atoms with Gasteiger partial charge in [0.25, 0.3) is 0 Å². The fourth-order valence-electron chi connectivity index (χ4n) is 3.20. The molecular weight excluding hydrogens is 346 g/mol. The summed E-state index contributed by atoms with van der Waals surface area (Å²) >= 11 is 0. The number of nitrogens with zero attached hydrogens (tertiary/aromatic N) is 1. The van der Waals surface area contributed by atoms with E-state index in [0.717, 1.165) is 0 Å². The fourth-order valence-corrected chi connectivity index (χ4v) is 3.20. The topological polar surface area (TPSA) is 70.8 Å². The Kier molecular flexibility index (Phi) is 4.16. The minimum absolute atomic E-state index is 0.193. The van der Waals surface area contributed by atoms with Gasteiger partial charge in [0, 0.05) is 12.3 Å². The predicted molar refractivity (Wildman–Crippen MR) is 103 cm³/mol. The number of aromatic nitrogens is 1. The summed E-state index contributed by atoms with van der Waals surface area (Å²) in [7, 11) is 4.68. The summed E-state index contributed by atoms with van der Waals surface area (Å²) < 4.78 is 22.7. The lowest BCUT2D eigenvalue weighted by molar-refractivity contribution is 0.400. The molecule has 0 aliphatic rings. The minimum Gasteiger partial charge on any atom is -0.496 e. The number of fused-ring (bicyclic) bond motifs is 3. The molecule has 0 atom stereocenters. The van der Waals surface area contributed by atoms with E-state index in [1.165, 1.54) is 6.07 Å². The van der Waals surface area contributed by atoms with Crippen LogP contribution >= 0.6 is 0 Å². The number of rotatable bonds is 4. The number of hydrogen-bond acceptors (Lipinski definition) is 6. The zero-order chi connectivity index (χ0) is 19.0. The second kappa shape index (κ2) is 6.64. The smallest absolute Gasteiger partial charge is 0.193 e. The summed E-state index contributed by atoms with van der Waals surface area (Å²) in [5.41, 5.74) is 0.777. The molecule has 0 bridgehead atoms. The highest BCUT2D eigenvalue weighted by Crippen LogP contribution is 2.43. The summed E-state index contributed by atoms with van der Waals surface area (Å²) in [5.74, 6) is 2.03. The molecule has 0 spiro atoms. The number of pyridine rings is 1. The Bertz CT molecular complexity index is 1200. The Balaban J connectivity index is 2.21. The van der Waals surface area contributed by atoms with Crippen LogP contribution in [0.25, 0.3) is 33.2 Å². The molecule has 6 heteroatoms. The normalized spacial score (nSPS) is 10.9. The van der Waals surface area contributed by atoms with Crippen LogP contribution in [0, 0.1) is 0 Å². The molecule has 0 unspecified atom stereocenters. The quantitative estimate of drug-likeness (QED) is 0.510. The Morgan fingerprint density at radius 3 is 2.19 bits per heavy atom. The maximum Gasteiger partial charge on any atom is 0.193 e. The van der Waals surface area contributed by atoms with Crippen molar-refractivity contribution >= 4 is 21.7 Å². The highest BCUT2D eigenvalue weighted by atomic mass is 16.5. The zero-order valence-electron chi connectivity index (χ0n) is 15.1. The number of ether oxygens (including phenoxy) is 3. The molecule has 0 aliphatic heterocycles. The van der Waals surface area contributed by atoms with E-state index in [2.05, 4.69) is 4.98 Å². The monoisotopic (exact) mass is 363 g/mol. The van der Waals surface area contributed by atoms with E-state index in [4.69, 9.17) is 18.6 Å². The molecule has 27 heavy (non-hydrogen) atoms. The molecule has 0 radical (unpaired) electrons. The van der Waals surface area contributed by atoms with Crippen molar-refractivity contribution in [3.8, 4) is 28.7 Å². The van der Waals surface area contributed by atoms with Crippen molar-refractivity contribution in [3.05, 3.63) is 58.9 Å². The number of methoxy groups -OCH3 is 3. The van der Waals surface area contributed by atoms with Gasteiger partial charge in [-0.1, -0.05) is 6.07 Å². The van der Waals surface area contributed by atoms with Crippen molar-refractivity contribution in [1.29, 1.82) is 0 Å². The first kappa shape index (κ1) is 16.9. The Labute approximate surface area is 154 Å². The molecule has 4 aromatic rings. The van der Waals surface area contributed by atoms with E-state index in [9.17, 15) is 4.79 Å². The van der Waals surface area contributed by atoms with Crippen molar-refractivity contribution in [1.82, 2.24) is 4.98 Å². The van der Waals surface area contributed by atoms with Gasteiger partial charge in [-0.2, -0.15) is 0 Å². The molecule has 4 rings (SSSR count). The van der Waals surface area contributed by atoms with Crippen LogP contribution in [0.4, 0.5) is 0 Å². The Morgan fingerprint density at radius 2 is 1.56 bits per heavy atom. The van der Waals surface area contributed by atoms with Crippen molar-refractivity contribution in [3.63, 3.8) is 0 Å². The van der Waals surface area contributed by atoms with E-state index < -0.39 is 0 Å². The first-order valence-electron chi connectivity index (χ1n) is 8.29. The maximum absolute atomic E-state index is 12.8. The van der Waals surface area contributed by atoms with Crippen LogP contribution in [-0.4, -0.2) is 26.3 Å². The average Bonchev–Trinajstić information content (AvgIpc) is 2.72. The van der Waals surface area contributed by atoms with Gasteiger partial charge in [0.1, 0.15) is 22.9 Å². The zero-order valence-corrected chi connectivity index (χ0v) is 15.1. The molecule has 2 aromatic heterocycles. The highest BCUT2D eigenvalue weighted by molar-refractivity contribution is 6.13. The molecular formula is C21H17NO5. The van der Waals surface area contributed by atoms with Crippen LogP contribution in [0.3, 0.4) is 0 Å². The molecule has 0 saturated heterocycles. The first-order valence-corrected chi connectivity index (χ1v) is 8.29. The van der Waals surface area contributed by atoms with Gasteiger partial charge >= 0.3 is 0 Å². The molecule has 2 heterocycles. The van der Waals surface area contributed by atoms with Crippen LogP contribution in [0.1, 0.15) is 0 Å². The maximum atomic E-state index is 12.8. The highest BCUT2D eigenvalue weighted by Gasteiger charge is 2.20. The van der Waals surface area contributed by atoms with Crippen LogP contribution in [-0.2, 0) is 0 Å². The van der Waals surface area contributed by atoms with E-state index in [0.29, 0.717) is 50.4 Å². The van der Waals surface area contributed by atoms with Gasteiger partial charge in [-0.25, -0.2) is 0 Å². The van der Waals surface area contributed by atoms with Crippen LogP contribution in [0.2, 0.25) is 0 Å². The molecule has 0 saturated carbocycles. The van der Waals surface area contributed by atoms with Gasteiger partial charge in [-0.05, 0) is 30.3 Å². The average molecular weight is 363 g/mol. The van der Waals surface area contributed by atoms with Gasteiger partial charge in [0.15, 0.2) is 16.8 Å². The summed E-state index contributed by atoms with van der Waals surface area (Å²) in [5, 5.41) is 1.68. The molecule has 0 fully saturated rings. The third kappa shape index (κ3) is 2.66. The van der Waals surface area contributed by atoms with Crippen molar-refractivity contribution in [2.75, 3.05) is 21.3 Å². The second-order valence-corrected chi connectivity index (χ2v) is 5.87. The summed E-state index contributed by atoms with van der Waals surface area (Å²) in [4.78, 5) is 17.1. The van der Waals surface area contributed by atoms with Gasteiger partial charge in [-0.3, -0.25) is 9.78 Å². The fraction of sp³-hybridized carbons (Fsp3) is 0.143. The molecule has 0 aliphatic carbocycles. The van der Waals surface area contributed by atoms with Gasteiger partial charge in [0.2, 0.25) is 0 Å². The molecule has 2 aromatic carbocycles. The third-order valence-electron chi connectivity index (χ3n) is 4.44. The van der Waals surface area contributed by atoms with Gasteiger partial charge < -0.3 is 18.6 Å². The van der Waals surface area contributed by atoms with Crippen molar-refractivity contribution < 1.29 is 18.6 Å². The lowest BCUT2D eigenvalue weighted by atomic mass is 10.0. The molecule has 136 valence electrons. The van der Waals surface area contributed by atoms with Crippen LogP contribution in [0.5, 0.6) is 17.2 Å². The molecule has 0 N–H and O–H groups in total. The van der Waals surface area contributed by atoms with E-state index in [1.54, 1.807) is 57.9 Å². The van der Waals surface area contributed by atoms with E-state index in [-0.39, 0.29) is 5.43 Å². The predicted octanol–water partition coefficient (Wildman–Crippen LogP) is 4.03. The summed E-state index contributed by atoms with van der Waals surface area (Å²) in [6.45, 7) is 0. The SMILES string of the molecule is COc1ccc(OC)c2c1c(OC)cc1c(=O)cc(-c3ccccn3)oc12.